The number of hydrogen-bond donors (Lipinski definition) is 1. The number of morpholine rings is 1. The van der Waals surface area contributed by atoms with E-state index in [1.807, 2.05) is 12.1 Å². The van der Waals surface area contributed by atoms with Gasteiger partial charge in [0.05, 0.1) is 36.1 Å². The molecule has 3 aromatic rings. The molecule has 0 spiro atoms. The fraction of sp³-hybridized carbons (Fsp3) is 0.350. The molecule has 1 aliphatic rings. The van der Waals surface area contributed by atoms with Crippen LogP contribution >= 0.6 is 0 Å². The Morgan fingerprint density at radius 2 is 1.93 bits per heavy atom. The topological polar surface area (TPSA) is 41.1 Å². The number of alkyl halides is 3. The molecule has 0 amide bonds. The van der Waals surface area contributed by atoms with Gasteiger partial charge < -0.3 is 14.6 Å². The van der Waals surface area contributed by atoms with Gasteiger partial charge in [0.2, 0.25) is 0 Å². The number of ether oxygens (including phenoxy) is 1. The van der Waals surface area contributed by atoms with Crippen LogP contribution in [0.25, 0.3) is 11.0 Å². The third-order valence-electron chi connectivity index (χ3n) is 5.10. The summed E-state index contributed by atoms with van der Waals surface area (Å²) < 4.78 is 45.1. The van der Waals surface area contributed by atoms with Gasteiger partial charge in [-0.15, -0.1) is 0 Å². The maximum Gasteiger partial charge on any atom is 0.416 e. The Hall–Kier alpha value is -2.54. The molecule has 0 atom stereocenters. The molecule has 2 aromatic carbocycles. The average Bonchev–Trinajstić information content (AvgIpc) is 3.12. The van der Waals surface area contributed by atoms with Gasteiger partial charge >= 0.3 is 6.18 Å². The summed E-state index contributed by atoms with van der Waals surface area (Å²) in [5.41, 5.74) is 3.98. The smallest absolute Gasteiger partial charge is 0.378 e. The fourth-order valence-electron chi connectivity index (χ4n) is 3.63. The van der Waals surface area contributed by atoms with E-state index in [4.69, 9.17) is 4.74 Å². The van der Waals surface area contributed by atoms with E-state index in [0.29, 0.717) is 25.2 Å². The molecule has 0 saturated carbocycles. The first-order valence-corrected chi connectivity index (χ1v) is 8.88. The molecule has 2 heterocycles. The lowest BCUT2D eigenvalue weighted by molar-refractivity contribution is -0.138. The second-order valence-electron chi connectivity index (χ2n) is 6.77. The van der Waals surface area contributed by atoms with Crippen LogP contribution in [0.2, 0.25) is 0 Å². The van der Waals surface area contributed by atoms with Crippen molar-refractivity contribution in [1.29, 1.82) is 0 Å². The first-order valence-electron chi connectivity index (χ1n) is 8.88. The first-order chi connectivity index (χ1) is 12.9. The zero-order chi connectivity index (χ0) is 19.0. The second kappa shape index (κ2) is 6.88. The summed E-state index contributed by atoms with van der Waals surface area (Å²) >= 11 is 0. The maximum absolute atomic E-state index is 13.2. The Morgan fingerprint density at radius 1 is 1.15 bits per heavy atom. The van der Waals surface area contributed by atoms with E-state index in [1.165, 1.54) is 13.0 Å². The van der Waals surface area contributed by atoms with Gasteiger partial charge in [-0.05, 0) is 48.2 Å². The largest absolute Gasteiger partial charge is 0.416 e. The number of nitrogens with one attached hydrogen (secondary N) is 1. The number of anilines is 1. The lowest BCUT2D eigenvalue weighted by Gasteiger charge is -2.29. The van der Waals surface area contributed by atoms with Crippen molar-refractivity contribution in [2.45, 2.75) is 19.5 Å². The number of aromatic nitrogens is 2. The molecule has 1 aromatic heterocycles. The average molecular weight is 375 g/mol. The van der Waals surface area contributed by atoms with Crippen molar-refractivity contribution in [3.63, 3.8) is 0 Å². The molecule has 1 saturated heterocycles. The number of halogens is 3. The van der Waals surface area contributed by atoms with Crippen molar-refractivity contribution in [2.24, 2.45) is 0 Å². The van der Waals surface area contributed by atoms with Crippen molar-refractivity contribution < 1.29 is 17.9 Å². The highest BCUT2D eigenvalue weighted by Crippen LogP contribution is 2.34. The SMILES string of the molecule is Cc1c(Cc2cc(N3CCOCC3)cc3[nH]cnc23)cccc1C(F)(F)F. The molecular formula is C20H20F3N3O. The summed E-state index contributed by atoms with van der Waals surface area (Å²) in [5, 5.41) is 0. The molecule has 0 bridgehead atoms. The number of hydrogen-bond acceptors (Lipinski definition) is 3. The van der Waals surface area contributed by atoms with E-state index >= 15 is 0 Å². The molecule has 0 unspecified atom stereocenters. The summed E-state index contributed by atoms with van der Waals surface area (Å²) in [4.78, 5) is 9.74. The van der Waals surface area contributed by atoms with Gasteiger partial charge in [0.15, 0.2) is 0 Å². The number of H-pyrrole nitrogens is 1. The van der Waals surface area contributed by atoms with E-state index in [9.17, 15) is 13.2 Å². The van der Waals surface area contributed by atoms with E-state index < -0.39 is 11.7 Å². The van der Waals surface area contributed by atoms with Crippen molar-refractivity contribution >= 4 is 16.7 Å². The van der Waals surface area contributed by atoms with Crippen molar-refractivity contribution in [3.8, 4) is 0 Å². The van der Waals surface area contributed by atoms with Crippen LogP contribution in [0.15, 0.2) is 36.7 Å². The summed E-state index contributed by atoms with van der Waals surface area (Å²) in [6.45, 7) is 4.46. The van der Waals surface area contributed by atoms with E-state index in [1.54, 1.807) is 12.4 Å². The number of aromatic amines is 1. The van der Waals surface area contributed by atoms with E-state index in [-0.39, 0.29) is 5.56 Å². The minimum absolute atomic E-state index is 0.269. The third kappa shape index (κ3) is 3.51. The summed E-state index contributed by atoms with van der Waals surface area (Å²) in [7, 11) is 0. The summed E-state index contributed by atoms with van der Waals surface area (Å²) in [5.74, 6) is 0. The molecule has 4 nitrogen and oxygen atoms in total. The highest BCUT2D eigenvalue weighted by atomic mass is 19.4. The van der Waals surface area contributed by atoms with Gasteiger partial charge in [-0.25, -0.2) is 4.98 Å². The normalized spacial score (nSPS) is 15.5. The Labute approximate surface area is 155 Å². The number of imidazole rings is 1. The van der Waals surface area contributed by atoms with Crippen LogP contribution in [0.5, 0.6) is 0 Å². The maximum atomic E-state index is 13.2. The first kappa shape index (κ1) is 17.9. The molecule has 27 heavy (non-hydrogen) atoms. The predicted molar refractivity (Wildman–Crippen MR) is 98.1 cm³/mol. The van der Waals surface area contributed by atoms with Crippen LogP contribution in [0.3, 0.4) is 0 Å². The van der Waals surface area contributed by atoms with Crippen LogP contribution < -0.4 is 4.90 Å². The van der Waals surface area contributed by atoms with Crippen LogP contribution in [0.1, 0.15) is 22.3 Å². The highest BCUT2D eigenvalue weighted by Gasteiger charge is 2.32. The summed E-state index contributed by atoms with van der Waals surface area (Å²) in [6, 6.07) is 8.43. The van der Waals surface area contributed by atoms with Gasteiger partial charge in [0.1, 0.15) is 0 Å². The number of rotatable bonds is 3. The van der Waals surface area contributed by atoms with Gasteiger partial charge in [-0.3, -0.25) is 0 Å². The van der Waals surface area contributed by atoms with Crippen LogP contribution in [-0.2, 0) is 17.3 Å². The predicted octanol–water partition coefficient (Wildman–Crippen LogP) is 4.32. The lowest BCUT2D eigenvalue weighted by atomic mass is 9.95. The zero-order valence-corrected chi connectivity index (χ0v) is 14.9. The highest BCUT2D eigenvalue weighted by molar-refractivity contribution is 5.83. The molecule has 0 radical (unpaired) electrons. The van der Waals surface area contributed by atoms with Gasteiger partial charge in [0.25, 0.3) is 0 Å². The van der Waals surface area contributed by atoms with Crippen molar-refractivity contribution in [1.82, 2.24) is 9.97 Å². The molecule has 1 aliphatic heterocycles. The number of nitrogens with zero attached hydrogens (tertiary/aromatic N) is 2. The van der Waals surface area contributed by atoms with Crippen LogP contribution in [-0.4, -0.2) is 36.3 Å². The molecule has 1 fully saturated rings. The molecule has 1 N–H and O–H groups in total. The Bertz CT molecular complexity index is 959. The standard InChI is InChI=1S/C20H20F3N3O/c1-13-14(3-2-4-17(13)20(21,22)23)9-15-10-16(26-5-7-27-8-6-26)11-18-19(15)25-12-24-18/h2-4,10-12H,5-9H2,1H3,(H,24,25). The molecule has 4 rings (SSSR count). The van der Waals surface area contributed by atoms with Gasteiger partial charge in [-0.1, -0.05) is 12.1 Å². The molecule has 142 valence electrons. The van der Waals surface area contributed by atoms with E-state index in [2.05, 4.69) is 14.9 Å². The van der Waals surface area contributed by atoms with Gasteiger partial charge in [0, 0.05) is 18.8 Å². The quantitative estimate of drug-likeness (QED) is 0.741. The lowest BCUT2D eigenvalue weighted by Crippen LogP contribution is -2.36. The Morgan fingerprint density at radius 3 is 2.67 bits per heavy atom. The Balaban J connectivity index is 1.75. The van der Waals surface area contributed by atoms with Crippen LogP contribution in [0, 0.1) is 6.92 Å². The number of fused-ring (bicyclic) bond motifs is 1. The minimum Gasteiger partial charge on any atom is -0.378 e. The Kier molecular flexibility index (Phi) is 4.55. The van der Waals surface area contributed by atoms with Crippen molar-refractivity contribution in [3.05, 3.63) is 58.9 Å². The molecule has 7 heteroatoms. The summed E-state index contributed by atoms with van der Waals surface area (Å²) in [6.07, 6.45) is -2.33. The van der Waals surface area contributed by atoms with E-state index in [0.717, 1.165) is 41.4 Å². The minimum atomic E-state index is -4.35. The number of benzene rings is 2. The second-order valence-corrected chi connectivity index (χ2v) is 6.77. The zero-order valence-electron chi connectivity index (χ0n) is 14.9. The van der Waals surface area contributed by atoms with Crippen molar-refractivity contribution in [2.75, 3.05) is 31.2 Å². The monoisotopic (exact) mass is 375 g/mol. The fourth-order valence-corrected chi connectivity index (χ4v) is 3.63. The molecule has 0 aliphatic carbocycles. The third-order valence-corrected chi connectivity index (χ3v) is 5.10. The van der Waals surface area contributed by atoms with Crippen LogP contribution in [0.4, 0.5) is 18.9 Å². The molecular weight excluding hydrogens is 355 g/mol. The van der Waals surface area contributed by atoms with Gasteiger partial charge in [-0.2, -0.15) is 13.2 Å².